The number of H-pyrrole nitrogens is 2. The van der Waals surface area contributed by atoms with Crippen LogP contribution in [0, 0.1) is 0 Å². The van der Waals surface area contributed by atoms with Crippen LogP contribution in [0.2, 0.25) is 0 Å². The van der Waals surface area contributed by atoms with Crippen molar-refractivity contribution in [2.75, 3.05) is 13.1 Å². The van der Waals surface area contributed by atoms with Crippen LogP contribution in [0.15, 0.2) is 122 Å². The molecule has 35 aromatic rings. The van der Waals surface area contributed by atoms with Gasteiger partial charge in [-0.15, -0.1) is 0 Å². The molecule has 1 saturated heterocycles. The number of benzene rings is 19. The summed E-state index contributed by atoms with van der Waals surface area (Å²) in [4.78, 5) is 22.9. The zero-order valence-corrected chi connectivity index (χ0v) is 62.0. The van der Waals surface area contributed by atoms with E-state index in [1.165, 1.54) is 5.56 Å². The average molecular weight is 1450 g/mol. The lowest BCUT2D eigenvalue weighted by Gasteiger charge is -2.52. The highest BCUT2D eigenvalue weighted by Crippen LogP contribution is 2.87. The summed E-state index contributed by atoms with van der Waals surface area (Å²) in [5.41, 5.74) is 23.6. The van der Waals surface area contributed by atoms with Gasteiger partial charge >= 0.3 is 0 Å². The first kappa shape index (κ1) is 51.4. The highest BCUT2D eigenvalue weighted by atomic mass is 15.2. The molecule has 6 aromatic heterocycles. The molecule has 8 bridgehead atoms. The van der Waals surface area contributed by atoms with Crippen molar-refractivity contribution in [2.24, 2.45) is 21.1 Å². The number of nitrogens with zero attached hydrogens (tertiary/aromatic N) is 6. The Morgan fingerprint density at radius 2 is 0.483 bits per heavy atom. The molecule has 2 spiro atoms. The Balaban J connectivity index is 0.670. The van der Waals surface area contributed by atoms with Gasteiger partial charge < -0.3 is 9.97 Å². The summed E-state index contributed by atoms with van der Waals surface area (Å²) in [6.45, 7) is 4.45. The SMILES string of the molecule is CCN1CC23c4c5c6c7c8c9c(c%10c%11c2c2c4c4c%12c5c5c6c6c8c8c%13c9c9c%10c%10c%11c%11c2c2c4c4c%12c%12c5c5c6c8c6c8c%13c9c9c%10c%10c%11c2c2c4c4c%12c5c6c5c8c9c%10c2c45)C73C1c1ccc(-c2c3nc(c(-c4cc[n+](C)cc4)c4ccc([nH]4)c(-c4cc[n+](C)cc4)c4nc(c(-c5cc[n+](C)cc5)c5ccc2[nH]5)C=C4)C=C3)cc1. The number of fused-ring (bicyclic) bond motifs is 8. The van der Waals surface area contributed by atoms with Crippen molar-refractivity contribution in [3.05, 3.63) is 173 Å². The van der Waals surface area contributed by atoms with Crippen LogP contribution >= 0.6 is 0 Å². The average Bonchev–Trinajstić information content (AvgIpc) is 1.38. The summed E-state index contributed by atoms with van der Waals surface area (Å²) >= 11 is 0. The number of likely N-dealkylation sites (N-methyl/N-ethyl adjacent to an activating group) is 1. The van der Waals surface area contributed by atoms with Gasteiger partial charge in [0.1, 0.15) is 21.1 Å². The van der Waals surface area contributed by atoms with Gasteiger partial charge in [-0.3, -0.25) is 4.90 Å². The van der Waals surface area contributed by atoms with Crippen LogP contribution in [-0.4, -0.2) is 37.9 Å². The van der Waals surface area contributed by atoms with Crippen molar-refractivity contribution in [3.8, 4) is 44.5 Å². The predicted molar refractivity (Wildman–Crippen MR) is 478 cm³/mol. The Hall–Kier alpha value is -14.3. The van der Waals surface area contributed by atoms with E-state index in [1.807, 2.05) is 0 Å². The number of aromatic nitrogens is 7. The van der Waals surface area contributed by atoms with Gasteiger partial charge in [0.05, 0.1) is 33.6 Å². The van der Waals surface area contributed by atoms with Crippen LogP contribution in [0.4, 0.5) is 0 Å². The lowest BCUT2D eigenvalue weighted by molar-refractivity contribution is -0.671. The lowest BCUT2D eigenvalue weighted by atomic mass is 9.47. The van der Waals surface area contributed by atoms with Crippen LogP contribution in [0.25, 0.3) is 382 Å². The first-order valence-electron chi connectivity index (χ1n) is 42.0. The second-order valence-electron chi connectivity index (χ2n) is 38.3. The molecule has 116 heavy (non-hydrogen) atoms. The molecule has 1 unspecified atom stereocenters. The van der Waals surface area contributed by atoms with E-state index >= 15 is 0 Å². The standard InChI is InChI=1S/C108H42N8/c1-5-116-30-107-102-94-86-76-66-58-50-48-49-52-56-54(50)62-70-64(56)74-68-60(52)61-53(49)57-55-51(48)59(58)67-73-63(55)71-65(57)75-69(61)79-78(68)90-84(74)92-82(70)88(80(86)72(62)66)96(102)98(92)104-100(90)101-91(79)85(75)93-83(71)89-81(73)87(77(67)76)95(94)103(107)97(89)99(93)105(101)108(104,107)106(116)35-8-6-31(7-9-35)44-36-10-12-38(109-36)45(32-18-24-113(2)25-19-32)40-14-16-42(111-40)47(34-22-28-115(4)29-23-34)43-17-15-41(112-43)46(39-13-11-37(44)110-39)33-20-26-114(3)27-21-33/h6-29,106H,5,30H2,1-4H3,(H,109,110,111,112)/q+2/p+1. The molecule has 42 rings (SSSR count). The monoisotopic (exact) mass is 1450 g/mol. The van der Waals surface area contributed by atoms with Crippen molar-refractivity contribution in [3.63, 3.8) is 0 Å². The first-order valence-corrected chi connectivity index (χ1v) is 42.0. The third kappa shape index (κ3) is 3.83. The van der Waals surface area contributed by atoms with Gasteiger partial charge in [-0.1, -0.05) is 31.2 Å². The molecule has 7 aliphatic rings. The Kier molecular flexibility index (Phi) is 6.18. The Labute approximate surface area is 646 Å². The molecule has 2 N–H and O–H groups in total. The largest absolute Gasteiger partial charge is 0.354 e. The number of likely N-dealkylation sites (tertiary alicyclic amines) is 1. The van der Waals surface area contributed by atoms with E-state index < -0.39 is 10.8 Å². The normalized spacial score (nSPS) is 19.4. The van der Waals surface area contributed by atoms with Crippen LogP contribution in [-0.2, 0) is 32.0 Å². The summed E-state index contributed by atoms with van der Waals surface area (Å²) in [7, 11) is 6.27. The van der Waals surface area contributed by atoms with E-state index in [0.29, 0.717) is 0 Å². The Morgan fingerprint density at radius 3 is 0.707 bits per heavy atom. The maximum absolute atomic E-state index is 5.93. The fraction of sp³-hybridized carbons (Fsp3) is 0.0833. The van der Waals surface area contributed by atoms with Crippen molar-refractivity contribution in [1.29, 1.82) is 0 Å². The van der Waals surface area contributed by atoms with Crippen molar-refractivity contribution in [2.45, 2.75) is 23.8 Å². The molecule has 4 aliphatic carbocycles. The molecule has 8 heteroatoms. The molecule has 0 radical (unpaired) electrons. The Bertz CT molecular complexity index is 10600. The number of nitrogens with one attached hydrogen (secondary N) is 2. The van der Waals surface area contributed by atoms with E-state index in [4.69, 9.17) is 9.97 Å². The van der Waals surface area contributed by atoms with Gasteiger partial charge in [0.15, 0.2) is 37.2 Å². The molecular formula is C108H43N8+3. The third-order valence-corrected chi connectivity index (χ3v) is 35.3. The Morgan fingerprint density at radius 1 is 0.276 bits per heavy atom. The maximum atomic E-state index is 5.93. The predicted octanol–water partition coefficient (Wildman–Crippen LogP) is 24.5. The highest BCUT2D eigenvalue weighted by Gasteiger charge is 2.76. The van der Waals surface area contributed by atoms with E-state index in [2.05, 4.69) is 203 Å². The molecule has 0 amide bonds. The second kappa shape index (κ2) is 14.0. The van der Waals surface area contributed by atoms with Crippen molar-refractivity contribution < 1.29 is 13.7 Å². The third-order valence-electron chi connectivity index (χ3n) is 35.3. The number of hydrogen-bond donors (Lipinski definition) is 2. The summed E-state index contributed by atoms with van der Waals surface area (Å²) < 4.78 is 6.33. The minimum absolute atomic E-state index is 0.00926. The maximum Gasteiger partial charge on any atom is 0.169 e. The van der Waals surface area contributed by atoms with Gasteiger partial charge in [0.2, 0.25) is 0 Å². The molecule has 3 aliphatic heterocycles. The summed E-state index contributed by atoms with van der Waals surface area (Å²) in [5.74, 6) is 0. The highest BCUT2D eigenvalue weighted by molar-refractivity contribution is 6.82. The van der Waals surface area contributed by atoms with Gasteiger partial charge in [-0.05, 0) is 396 Å². The van der Waals surface area contributed by atoms with Crippen LogP contribution < -0.4 is 13.7 Å². The smallest absolute Gasteiger partial charge is 0.169 e. The number of aromatic amines is 2. The van der Waals surface area contributed by atoms with Crippen LogP contribution in [0.5, 0.6) is 0 Å². The summed E-state index contributed by atoms with van der Waals surface area (Å²) in [5, 5.41) is 88.6. The minimum atomic E-state index is -0.493. The van der Waals surface area contributed by atoms with Gasteiger partial charge in [-0.2, -0.15) is 0 Å². The molecule has 512 valence electrons. The van der Waals surface area contributed by atoms with E-state index in [0.717, 1.165) is 102 Å². The molecule has 1 fully saturated rings. The fourth-order valence-corrected chi connectivity index (χ4v) is 32.9. The van der Waals surface area contributed by atoms with Crippen LogP contribution in [0.1, 0.15) is 63.6 Å². The molecule has 9 heterocycles. The molecule has 8 nitrogen and oxygen atoms in total. The zero-order chi connectivity index (χ0) is 72.4. The van der Waals surface area contributed by atoms with Gasteiger partial charge in [0, 0.05) is 93.3 Å². The van der Waals surface area contributed by atoms with Crippen LogP contribution in [0.3, 0.4) is 0 Å². The molecular weight excluding hydrogens is 1410 g/mol. The zero-order valence-electron chi connectivity index (χ0n) is 62.0. The number of hydrogen-bond acceptors (Lipinski definition) is 3. The van der Waals surface area contributed by atoms with Gasteiger partial charge in [0.25, 0.3) is 0 Å². The van der Waals surface area contributed by atoms with E-state index in [1.54, 1.807) is 313 Å². The summed E-state index contributed by atoms with van der Waals surface area (Å²) in [6.07, 6.45) is 21.8. The number of rotatable bonds is 6. The molecule has 29 aromatic carbocycles. The van der Waals surface area contributed by atoms with Crippen molar-refractivity contribution >= 4 is 337 Å². The number of pyridine rings is 3. The molecule has 1 atom stereocenters. The quantitative estimate of drug-likeness (QED) is 0.129. The topological polar surface area (TPSA) is 72.2 Å². The second-order valence-corrected chi connectivity index (χ2v) is 38.3. The molecule has 0 saturated carbocycles. The first-order chi connectivity index (χ1) is 57.4. The van der Waals surface area contributed by atoms with E-state index in [9.17, 15) is 0 Å². The fourth-order valence-electron chi connectivity index (χ4n) is 32.9. The number of aryl methyl sites for hydroxylation is 3. The van der Waals surface area contributed by atoms with E-state index in [-0.39, 0.29) is 6.04 Å². The summed E-state index contributed by atoms with van der Waals surface area (Å²) in [6, 6.07) is 32.8. The minimum Gasteiger partial charge on any atom is -0.354 e. The lowest BCUT2D eigenvalue weighted by Crippen LogP contribution is -2.51. The van der Waals surface area contributed by atoms with Gasteiger partial charge in [-0.25, -0.2) is 23.7 Å². The van der Waals surface area contributed by atoms with Crippen molar-refractivity contribution in [1.82, 2.24) is 24.8 Å².